The molecular formula is C27H32N4O. The highest BCUT2D eigenvalue weighted by atomic mass is 16.1. The van der Waals surface area contributed by atoms with Crippen LogP contribution in [0.15, 0.2) is 82.8 Å². The van der Waals surface area contributed by atoms with E-state index in [1.807, 2.05) is 30.2 Å². The highest BCUT2D eigenvalue weighted by Gasteiger charge is 2.30. The lowest BCUT2D eigenvalue weighted by Crippen LogP contribution is -2.48. The highest BCUT2D eigenvalue weighted by molar-refractivity contribution is 5.92. The van der Waals surface area contributed by atoms with Gasteiger partial charge in [0.2, 0.25) is 5.96 Å². The molecule has 0 radical (unpaired) electrons. The zero-order chi connectivity index (χ0) is 22.7. The predicted octanol–water partition coefficient (Wildman–Crippen LogP) is 5.13. The first kappa shape index (κ1) is 22.0. The number of nitrogens with zero attached hydrogens (tertiary/aromatic N) is 4. The molecule has 2 aliphatic heterocycles. The van der Waals surface area contributed by atoms with Crippen molar-refractivity contribution in [3.05, 3.63) is 83.4 Å². The normalized spacial score (nSPS) is 21.8. The van der Waals surface area contributed by atoms with Gasteiger partial charge in [-0.25, -0.2) is 4.99 Å². The molecule has 5 heteroatoms. The van der Waals surface area contributed by atoms with Crippen LogP contribution >= 0.6 is 0 Å². The van der Waals surface area contributed by atoms with Crippen LogP contribution in [0.3, 0.4) is 0 Å². The van der Waals surface area contributed by atoms with Gasteiger partial charge in [-0.2, -0.15) is 0 Å². The topological polar surface area (TPSA) is 48.8 Å². The van der Waals surface area contributed by atoms with E-state index in [9.17, 15) is 4.79 Å². The van der Waals surface area contributed by atoms with Gasteiger partial charge in [-0.1, -0.05) is 36.0 Å². The molecule has 1 atom stereocenters. The molecule has 1 fully saturated rings. The molecule has 0 saturated carbocycles. The zero-order valence-electron chi connectivity index (χ0n) is 19.3. The first-order valence-electron chi connectivity index (χ1n) is 11.4. The Hall–Kier alpha value is -3.21. The van der Waals surface area contributed by atoms with E-state index >= 15 is 0 Å². The van der Waals surface area contributed by atoms with Crippen molar-refractivity contribution in [2.75, 3.05) is 20.1 Å². The van der Waals surface area contributed by atoms with Gasteiger partial charge in [-0.3, -0.25) is 9.78 Å². The highest BCUT2D eigenvalue weighted by Crippen LogP contribution is 2.28. The molecule has 1 aliphatic carbocycles. The van der Waals surface area contributed by atoms with Gasteiger partial charge in [0.1, 0.15) is 5.78 Å². The Morgan fingerprint density at radius 3 is 2.75 bits per heavy atom. The van der Waals surface area contributed by atoms with Crippen molar-refractivity contribution < 1.29 is 4.79 Å². The van der Waals surface area contributed by atoms with E-state index in [4.69, 9.17) is 4.99 Å². The Morgan fingerprint density at radius 1 is 1.19 bits per heavy atom. The number of Topliss-reactive ketones (excluding diaryl/α,β-unsaturated/α-hetero) is 1. The summed E-state index contributed by atoms with van der Waals surface area (Å²) in [6.07, 6.45) is 15.5. The van der Waals surface area contributed by atoms with Crippen molar-refractivity contribution in [3.63, 3.8) is 0 Å². The monoisotopic (exact) mass is 428 g/mol. The number of ketones is 1. The SMILES string of the molecule is C=C1C=C(c2ccncc2)N=C(N2CCCC(C(=O)CC3=CCC(C)=CC(C)=C3)C2)N1C. The Kier molecular flexibility index (Phi) is 6.54. The number of hydrogen-bond acceptors (Lipinski definition) is 5. The van der Waals surface area contributed by atoms with Crippen LogP contribution in [0.25, 0.3) is 5.70 Å². The van der Waals surface area contributed by atoms with Gasteiger partial charge in [0.05, 0.1) is 5.70 Å². The molecule has 0 aromatic carbocycles. The number of rotatable bonds is 4. The van der Waals surface area contributed by atoms with E-state index < -0.39 is 0 Å². The zero-order valence-corrected chi connectivity index (χ0v) is 19.3. The summed E-state index contributed by atoms with van der Waals surface area (Å²) in [6.45, 7) is 10.1. The first-order chi connectivity index (χ1) is 15.4. The average Bonchev–Trinajstić information content (AvgIpc) is 2.95. The maximum Gasteiger partial charge on any atom is 0.206 e. The fourth-order valence-electron chi connectivity index (χ4n) is 4.57. The number of hydrogen-bond donors (Lipinski definition) is 0. The second kappa shape index (κ2) is 9.51. The number of likely N-dealkylation sites (N-methyl/N-ethyl adjacent to an activating group) is 1. The molecule has 5 nitrogen and oxygen atoms in total. The number of pyridine rings is 1. The summed E-state index contributed by atoms with van der Waals surface area (Å²) in [4.78, 5) is 26.5. The minimum atomic E-state index is 0.0234. The number of aliphatic imine (C=N–C) groups is 1. The summed E-state index contributed by atoms with van der Waals surface area (Å²) >= 11 is 0. The molecule has 0 bridgehead atoms. The third kappa shape index (κ3) is 4.98. The minimum absolute atomic E-state index is 0.0234. The van der Waals surface area contributed by atoms with Crippen LogP contribution in [0.5, 0.6) is 0 Å². The molecule has 1 aromatic heterocycles. The van der Waals surface area contributed by atoms with Crippen molar-refractivity contribution in [2.45, 2.75) is 39.5 Å². The van der Waals surface area contributed by atoms with Crippen molar-refractivity contribution in [1.29, 1.82) is 0 Å². The average molecular weight is 429 g/mol. The number of carbonyl (C=O) groups excluding carboxylic acids is 1. The molecule has 0 N–H and O–H groups in total. The summed E-state index contributed by atoms with van der Waals surface area (Å²) in [5.74, 6) is 1.22. The number of piperidine rings is 1. The molecule has 166 valence electrons. The molecule has 0 spiro atoms. The lowest BCUT2D eigenvalue weighted by Gasteiger charge is -2.39. The third-order valence-electron chi connectivity index (χ3n) is 6.34. The summed E-state index contributed by atoms with van der Waals surface area (Å²) in [7, 11) is 1.99. The van der Waals surface area contributed by atoms with Gasteiger partial charge in [-0.15, -0.1) is 0 Å². The standard InChI is InChI=1S/C27H32N4O/c1-19-7-8-22(15-20(2)14-19)17-26(32)24-6-5-13-31(18-24)27-29-25(16-21(3)30(27)4)23-9-11-28-12-10-23/h8-12,14-16,24H,3,5-7,13,17-18H2,1-2,4H3. The van der Waals surface area contributed by atoms with Crippen LogP contribution in [-0.2, 0) is 4.79 Å². The second-order valence-electron chi connectivity index (χ2n) is 9.02. The van der Waals surface area contributed by atoms with Crippen LogP contribution in [-0.4, -0.2) is 46.7 Å². The number of likely N-dealkylation sites (tertiary alicyclic amines) is 1. The summed E-state index contributed by atoms with van der Waals surface area (Å²) in [5.41, 5.74) is 6.48. The van der Waals surface area contributed by atoms with E-state index in [1.165, 1.54) is 11.1 Å². The van der Waals surface area contributed by atoms with Gasteiger partial charge >= 0.3 is 0 Å². The first-order valence-corrected chi connectivity index (χ1v) is 11.4. The number of aromatic nitrogens is 1. The summed E-state index contributed by atoms with van der Waals surface area (Å²) < 4.78 is 0. The van der Waals surface area contributed by atoms with Gasteiger partial charge in [0, 0.05) is 56.1 Å². The summed E-state index contributed by atoms with van der Waals surface area (Å²) in [5, 5.41) is 0. The quantitative estimate of drug-likeness (QED) is 0.667. The van der Waals surface area contributed by atoms with Crippen molar-refractivity contribution in [2.24, 2.45) is 10.9 Å². The summed E-state index contributed by atoms with van der Waals surface area (Å²) in [6, 6.07) is 3.92. The molecule has 3 heterocycles. The van der Waals surface area contributed by atoms with E-state index in [0.29, 0.717) is 18.7 Å². The lowest BCUT2D eigenvalue weighted by molar-refractivity contribution is -0.123. The van der Waals surface area contributed by atoms with Gasteiger partial charge in [0.15, 0.2) is 0 Å². The van der Waals surface area contributed by atoms with Crippen LogP contribution in [0, 0.1) is 5.92 Å². The van der Waals surface area contributed by atoms with Gasteiger partial charge in [-0.05, 0) is 56.9 Å². The van der Waals surface area contributed by atoms with E-state index in [1.54, 1.807) is 12.4 Å². The van der Waals surface area contributed by atoms with Crippen molar-refractivity contribution in [3.8, 4) is 0 Å². The fraction of sp³-hybridized carbons (Fsp3) is 0.370. The molecule has 3 aliphatic rings. The number of allylic oxidation sites excluding steroid dienone is 7. The molecule has 1 aromatic rings. The Bertz CT molecular complexity index is 1060. The Morgan fingerprint density at radius 2 is 1.97 bits per heavy atom. The van der Waals surface area contributed by atoms with Crippen LogP contribution in [0.2, 0.25) is 0 Å². The van der Waals surface area contributed by atoms with Crippen LogP contribution < -0.4 is 0 Å². The lowest BCUT2D eigenvalue weighted by atomic mass is 9.90. The molecule has 4 rings (SSSR count). The largest absolute Gasteiger partial charge is 0.342 e. The minimum Gasteiger partial charge on any atom is -0.342 e. The van der Waals surface area contributed by atoms with Crippen LogP contribution in [0.1, 0.15) is 45.1 Å². The van der Waals surface area contributed by atoms with Crippen LogP contribution in [0.4, 0.5) is 0 Å². The maximum absolute atomic E-state index is 13.2. The van der Waals surface area contributed by atoms with Crippen molar-refractivity contribution >= 4 is 17.4 Å². The van der Waals surface area contributed by atoms with E-state index in [0.717, 1.165) is 54.3 Å². The molecule has 1 saturated heterocycles. The van der Waals surface area contributed by atoms with Crippen molar-refractivity contribution in [1.82, 2.24) is 14.8 Å². The predicted molar refractivity (Wildman–Crippen MR) is 131 cm³/mol. The van der Waals surface area contributed by atoms with Gasteiger partial charge < -0.3 is 9.80 Å². The molecule has 0 amide bonds. The fourth-order valence-corrected chi connectivity index (χ4v) is 4.57. The third-order valence-corrected chi connectivity index (χ3v) is 6.34. The van der Waals surface area contributed by atoms with E-state index in [2.05, 4.69) is 48.5 Å². The van der Waals surface area contributed by atoms with E-state index in [-0.39, 0.29) is 5.92 Å². The molecule has 1 unspecified atom stereocenters. The number of guanidine groups is 1. The maximum atomic E-state index is 13.2. The molecule has 32 heavy (non-hydrogen) atoms. The Labute approximate surface area is 191 Å². The smallest absolute Gasteiger partial charge is 0.206 e. The number of carbonyl (C=O) groups is 1. The van der Waals surface area contributed by atoms with Gasteiger partial charge in [0.25, 0.3) is 0 Å². The Balaban J connectivity index is 1.49. The second-order valence-corrected chi connectivity index (χ2v) is 9.02. The molecular weight excluding hydrogens is 396 g/mol.